The van der Waals surface area contributed by atoms with Gasteiger partial charge in [0.25, 0.3) is 0 Å². The lowest BCUT2D eigenvalue weighted by Crippen LogP contribution is -2.39. The molecule has 1 aromatic carbocycles. The van der Waals surface area contributed by atoms with Crippen LogP contribution in [-0.2, 0) is 9.53 Å². The number of anilines is 1. The van der Waals surface area contributed by atoms with Crippen molar-refractivity contribution < 1.29 is 14.6 Å². The normalized spacial score (nSPS) is 17.4. The smallest absolute Gasteiger partial charge is 0.207 e. The number of amides is 1. The number of phenolic OH excluding ortho intramolecular Hbond substituents is 1. The van der Waals surface area contributed by atoms with Crippen LogP contribution in [0.2, 0.25) is 0 Å². The Hall–Kier alpha value is -3.19. The summed E-state index contributed by atoms with van der Waals surface area (Å²) in [5, 5.41) is 15.0. The van der Waals surface area contributed by atoms with E-state index in [4.69, 9.17) is 14.7 Å². The molecule has 0 bridgehead atoms. The van der Waals surface area contributed by atoms with E-state index in [2.05, 4.69) is 35.4 Å². The van der Waals surface area contributed by atoms with Gasteiger partial charge in [0.1, 0.15) is 11.6 Å². The predicted octanol–water partition coefficient (Wildman–Crippen LogP) is 2.52. The number of nitrogens with zero attached hydrogens (tertiary/aromatic N) is 3. The zero-order chi connectivity index (χ0) is 24.0. The van der Waals surface area contributed by atoms with Crippen LogP contribution in [-0.4, -0.2) is 53.3 Å². The zero-order valence-corrected chi connectivity index (χ0v) is 20.1. The summed E-state index contributed by atoms with van der Waals surface area (Å²) in [6.07, 6.45) is 8.74. The van der Waals surface area contributed by atoms with Gasteiger partial charge in [0, 0.05) is 31.5 Å². The van der Waals surface area contributed by atoms with Gasteiger partial charge in [-0.05, 0) is 58.7 Å². The lowest BCUT2D eigenvalue weighted by atomic mass is 10.2. The molecule has 7 heteroatoms. The van der Waals surface area contributed by atoms with Crippen molar-refractivity contribution in [2.75, 3.05) is 25.1 Å². The van der Waals surface area contributed by atoms with Gasteiger partial charge in [0.2, 0.25) is 6.41 Å². The molecule has 0 radical (unpaired) electrons. The average Bonchev–Trinajstić information content (AvgIpc) is 3.16. The molecule has 1 amide bonds. The number of aromatic nitrogens is 2. The summed E-state index contributed by atoms with van der Waals surface area (Å²) in [5.74, 6) is 1.52. The highest BCUT2D eigenvalue weighted by molar-refractivity contribution is 5.66. The zero-order valence-electron chi connectivity index (χ0n) is 20.1. The van der Waals surface area contributed by atoms with E-state index in [9.17, 15) is 9.90 Å². The van der Waals surface area contributed by atoms with E-state index in [1.54, 1.807) is 19.2 Å². The Morgan fingerprint density at radius 2 is 1.94 bits per heavy atom. The highest BCUT2D eigenvalue weighted by Crippen LogP contribution is 2.26. The second kappa shape index (κ2) is 10.6. The van der Waals surface area contributed by atoms with Crippen LogP contribution in [0.1, 0.15) is 40.5 Å². The molecule has 1 aromatic heterocycles. The van der Waals surface area contributed by atoms with Gasteiger partial charge in [-0.25, -0.2) is 9.97 Å². The van der Waals surface area contributed by atoms with E-state index in [0.29, 0.717) is 17.9 Å². The molecule has 1 atom stereocenters. The average molecular weight is 451 g/mol. The second-order valence-corrected chi connectivity index (χ2v) is 9.31. The standard InChI is InChI=1S/C21H22N4O2.C5H12O/c1-14-6-8-16-18(9-7-14)23-20(17-4-2-3-5-19(17)27)24-21(16)25-11-10-15(12-25)22-13-26;1-5(2,3)6-4/h2-6,8-9,13,15,27H,7,10-12H2,1H3,(H,22,26);1-4H3/t15-;/m1./s1. The highest BCUT2D eigenvalue weighted by atomic mass is 16.5. The molecule has 0 spiro atoms. The van der Waals surface area contributed by atoms with E-state index in [1.165, 1.54) is 5.57 Å². The Balaban J connectivity index is 0.000000454. The SMILES string of the molecule is CC1=CC=c2c(N3CC[C@@H](NC=O)C3)nc(-c3ccccc3O)nc2=CC1.COC(C)(C)C. The number of fused-ring (bicyclic) bond motifs is 1. The molecule has 1 aliphatic carbocycles. The number of para-hydroxylation sites is 1. The van der Waals surface area contributed by atoms with Crippen LogP contribution >= 0.6 is 0 Å². The Labute approximate surface area is 195 Å². The lowest BCUT2D eigenvalue weighted by molar-refractivity contribution is -0.110. The summed E-state index contributed by atoms with van der Waals surface area (Å²) in [5.41, 5.74) is 1.91. The number of benzene rings is 1. The first-order valence-corrected chi connectivity index (χ1v) is 11.3. The van der Waals surface area contributed by atoms with Crippen molar-refractivity contribution >= 4 is 24.4 Å². The topological polar surface area (TPSA) is 87.6 Å². The van der Waals surface area contributed by atoms with Crippen LogP contribution < -0.4 is 20.8 Å². The number of hydrogen-bond donors (Lipinski definition) is 2. The first kappa shape index (κ1) is 24.5. The van der Waals surface area contributed by atoms with Crippen LogP contribution in [0.15, 0.2) is 35.9 Å². The molecule has 7 nitrogen and oxygen atoms in total. The first-order valence-electron chi connectivity index (χ1n) is 11.3. The molecule has 176 valence electrons. The minimum atomic E-state index is 0.0417. The van der Waals surface area contributed by atoms with Crippen molar-refractivity contribution in [3.05, 3.63) is 46.5 Å². The summed E-state index contributed by atoms with van der Waals surface area (Å²) >= 11 is 0. The number of phenols is 1. The molecule has 1 aliphatic heterocycles. The van der Waals surface area contributed by atoms with Gasteiger partial charge in [-0.1, -0.05) is 29.9 Å². The summed E-state index contributed by atoms with van der Waals surface area (Å²) in [6, 6.07) is 7.24. The number of nitrogens with one attached hydrogen (secondary N) is 1. The van der Waals surface area contributed by atoms with Gasteiger partial charge < -0.3 is 20.1 Å². The van der Waals surface area contributed by atoms with Crippen molar-refractivity contribution in [2.24, 2.45) is 0 Å². The number of carbonyl (C=O) groups excluding carboxylic acids is 1. The minimum absolute atomic E-state index is 0.0417. The van der Waals surface area contributed by atoms with Gasteiger partial charge in [0.15, 0.2) is 5.82 Å². The number of ether oxygens (including phenoxy) is 1. The van der Waals surface area contributed by atoms with Crippen LogP contribution in [0.25, 0.3) is 23.5 Å². The summed E-state index contributed by atoms with van der Waals surface area (Å²) in [4.78, 5) is 22.5. The van der Waals surface area contributed by atoms with E-state index < -0.39 is 0 Å². The van der Waals surface area contributed by atoms with Crippen LogP contribution in [0, 0.1) is 0 Å². The third-order valence-electron chi connectivity index (χ3n) is 5.66. The number of allylic oxidation sites excluding steroid dienone is 2. The van der Waals surface area contributed by atoms with Gasteiger partial charge in [-0.3, -0.25) is 4.79 Å². The maximum atomic E-state index is 10.8. The Bertz CT molecular complexity index is 1140. The monoisotopic (exact) mass is 450 g/mol. The fraction of sp³-hybridized carbons (Fsp3) is 0.423. The van der Waals surface area contributed by atoms with Crippen LogP contribution in [0.5, 0.6) is 5.75 Å². The summed E-state index contributed by atoms with van der Waals surface area (Å²) in [7, 11) is 1.71. The minimum Gasteiger partial charge on any atom is -0.507 e. The van der Waals surface area contributed by atoms with Crippen LogP contribution in [0.4, 0.5) is 5.82 Å². The van der Waals surface area contributed by atoms with Crippen LogP contribution in [0.3, 0.4) is 0 Å². The van der Waals surface area contributed by atoms with Gasteiger partial charge in [0.05, 0.1) is 16.5 Å². The molecule has 0 saturated carbocycles. The summed E-state index contributed by atoms with van der Waals surface area (Å²) < 4.78 is 4.94. The number of methoxy groups -OCH3 is 1. The summed E-state index contributed by atoms with van der Waals surface area (Å²) in [6.45, 7) is 9.67. The fourth-order valence-electron chi connectivity index (χ4n) is 3.55. The number of rotatable bonds is 4. The van der Waals surface area contributed by atoms with Crippen molar-refractivity contribution in [3.8, 4) is 17.1 Å². The molecular weight excluding hydrogens is 416 g/mol. The van der Waals surface area contributed by atoms with E-state index in [-0.39, 0.29) is 17.4 Å². The van der Waals surface area contributed by atoms with Crippen molar-refractivity contribution in [2.45, 2.75) is 52.2 Å². The van der Waals surface area contributed by atoms with E-state index in [0.717, 1.165) is 42.2 Å². The van der Waals surface area contributed by atoms with E-state index in [1.807, 2.05) is 32.9 Å². The number of hydrogen-bond acceptors (Lipinski definition) is 6. The highest BCUT2D eigenvalue weighted by Gasteiger charge is 2.25. The number of aromatic hydroxyl groups is 1. The number of carbonyl (C=O) groups is 1. The third-order valence-corrected chi connectivity index (χ3v) is 5.66. The molecule has 2 aromatic rings. The first-order chi connectivity index (χ1) is 15.7. The fourth-order valence-corrected chi connectivity index (χ4v) is 3.55. The molecule has 2 N–H and O–H groups in total. The maximum absolute atomic E-state index is 10.8. The second-order valence-electron chi connectivity index (χ2n) is 9.31. The molecular formula is C26H34N4O3. The van der Waals surface area contributed by atoms with Crippen molar-refractivity contribution in [1.82, 2.24) is 15.3 Å². The molecule has 33 heavy (non-hydrogen) atoms. The Kier molecular flexibility index (Phi) is 7.87. The van der Waals surface area contributed by atoms with Crippen molar-refractivity contribution in [3.63, 3.8) is 0 Å². The molecule has 4 rings (SSSR count). The third kappa shape index (κ3) is 6.42. The molecule has 0 unspecified atom stereocenters. The Morgan fingerprint density at radius 3 is 2.61 bits per heavy atom. The lowest BCUT2D eigenvalue weighted by Gasteiger charge is -2.19. The molecule has 2 aliphatic rings. The molecule has 2 heterocycles. The van der Waals surface area contributed by atoms with Gasteiger partial charge in [-0.15, -0.1) is 0 Å². The van der Waals surface area contributed by atoms with Gasteiger partial charge >= 0.3 is 0 Å². The predicted molar refractivity (Wildman–Crippen MR) is 132 cm³/mol. The molecule has 1 fully saturated rings. The Morgan fingerprint density at radius 1 is 1.21 bits per heavy atom. The van der Waals surface area contributed by atoms with Gasteiger partial charge in [-0.2, -0.15) is 0 Å². The molecule has 1 saturated heterocycles. The maximum Gasteiger partial charge on any atom is 0.207 e. The largest absolute Gasteiger partial charge is 0.507 e. The van der Waals surface area contributed by atoms with Crippen molar-refractivity contribution in [1.29, 1.82) is 0 Å². The quantitative estimate of drug-likeness (QED) is 0.696. The van der Waals surface area contributed by atoms with E-state index >= 15 is 0 Å².